The number of aryl methyl sites for hydroxylation is 2. The Morgan fingerprint density at radius 2 is 1.56 bits per heavy atom. The Hall–Kier alpha value is -2.04. The molecule has 0 saturated carbocycles. The molecule has 2 aromatic carbocycles. The zero-order valence-electron chi connectivity index (χ0n) is 20.5. The summed E-state index contributed by atoms with van der Waals surface area (Å²) in [4.78, 5) is 22.1. The van der Waals surface area contributed by atoms with Crippen molar-refractivity contribution in [2.45, 2.75) is 32.6 Å². The predicted molar refractivity (Wildman–Crippen MR) is 143 cm³/mol. The van der Waals surface area contributed by atoms with Crippen LogP contribution < -0.4 is 4.90 Å². The molecular weight excluding hydrogens is 492 g/mol. The number of hydrogen-bond donors (Lipinski definition) is 0. The highest BCUT2D eigenvalue weighted by atomic mass is 35.5. The van der Waals surface area contributed by atoms with Gasteiger partial charge in [-0.05, 0) is 75.5 Å². The van der Waals surface area contributed by atoms with Gasteiger partial charge in [-0.15, -0.1) is 12.4 Å². The molecule has 0 bridgehead atoms. The van der Waals surface area contributed by atoms with E-state index >= 15 is 0 Å². The third-order valence-electron chi connectivity index (χ3n) is 5.68. The average molecular weight is 525 g/mol. The van der Waals surface area contributed by atoms with Crippen LogP contribution in [-0.2, 0) is 10.0 Å². The molecule has 0 aliphatic rings. The maximum atomic E-state index is 13.5. The van der Waals surface area contributed by atoms with Gasteiger partial charge in [-0.2, -0.15) is 4.31 Å². The Morgan fingerprint density at radius 3 is 2.12 bits per heavy atom. The summed E-state index contributed by atoms with van der Waals surface area (Å²) in [5, 5.41) is 0.640. The molecule has 0 aliphatic heterocycles. The average Bonchev–Trinajstić information content (AvgIpc) is 3.16. The second-order valence-corrected chi connectivity index (χ2v) is 11.2. The van der Waals surface area contributed by atoms with Gasteiger partial charge >= 0.3 is 0 Å². The second-order valence-electron chi connectivity index (χ2n) is 8.27. The molecule has 0 unspecified atom stereocenters. The Morgan fingerprint density at radius 1 is 0.971 bits per heavy atom. The predicted octanol–water partition coefficient (Wildman–Crippen LogP) is 4.57. The van der Waals surface area contributed by atoms with Gasteiger partial charge in [0.05, 0.1) is 15.1 Å². The summed E-state index contributed by atoms with van der Waals surface area (Å²) >= 11 is 1.49. The Kier molecular flexibility index (Phi) is 9.62. The van der Waals surface area contributed by atoms with Gasteiger partial charge in [-0.3, -0.25) is 9.69 Å². The maximum absolute atomic E-state index is 13.5. The third kappa shape index (κ3) is 5.95. The van der Waals surface area contributed by atoms with E-state index in [9.17, 15) is 13.2 Å². The number of anilines is 1. The monoisotopic (exact) mass is 524 g/mol. The van der Waals surface area contributed by atoms with E-state index in [4.69, 9.17) is 4.98 Å². The maximum Gasteiger partial charge on any atom is 0.260 e. The minimum Gasteiger partial charge on any atom is -0.308 e. The van der Waals surface area contributed by atoms with Crippen LogP contribution in [0.4, 0.5) is 5.13 Å². The van der Waals surface area contributed by atoms with Crippen molar-refractivity contribution in [2.75, 3.05) is 45.2 Å². The van der Waals surface area contributed by atoms with Crippen molar-refractivity contribution in [2.24, 2.45) is 0 Å². The number of sulfonamides is 1. The van der Waals surface area contributed by atoms with Gasteiger partial charge < -0.3 is 4.90 Å². The molecular formula is C24H33ClN4O3S2. The number of hydrogen-bond acceptors (Lipinski definition) is 6. The van der Waals surface area contributed by atoms with Crippen LogP contribution in [0.25, 0.3) is 10.2 Å². The summed E-state index contributed by atoms with van der Waals surface area (Å²) in [5.74, 6) is -0.198. The zero-order chi connectivity index (χ0) is 24.3. The molecule has 186 valence electrons. The first-order valence-corrected chi connectivity index (χ1v) is 13.3. The lowest BCUT2D eigenvalue weighted by atomic mass is 10.1. The van der Waals surface area contributed by atoms with Crippen molar-refractivity contribution in [1.82, 2.24) is 14.2 Å². The van der Waals surface area contributed by atoms with E-state index in [-0.39, 0.29) is 23.2 Å². The highest BCUT2D eigenvalue weighted by molar-refractivity contribution is 7.89. The Bertz CT molecular complexity index is 1200. The van der Waals surface area contributed by atoms with Crippen molar-refractivity contribution in [3.8, 4) is 0 Å². The van der Waals surface area contributed by atoms with Crippen LogP contribution in [-0.4, -0.2) is 68.8 Å². The number of halogens is 1. The van der Waals surface area contributed by atoms with Crippen LogP contribution in [0.2, 0.25) is 0 Å². The molecule has 10 heteroatoms. The second kappa shape index (κ2) is 11.6. The number of aromatic nitrogens is 1. The lowest BCUT2D eigenvalue weighted by molar-refractivity contribution is 0.0985. The summed E-state index contributed by atoms with van der Waals surface area (Å²) in [7, 11) is 0.346. The first kappa shape index (κ1) is 28.2. The zero-order valence-corrected chi connectivity index (χ0v) is 23.0. The lowest BCUT2D eigenvalue weighted by Gasteiger charge is -2.22. The fourth-order valence-corrected chi connectivity index (χ4v) is 6.03. The van der Waals surface area contributed by atoms with Crippen molar-refractivity contribution >= 4 is 55.0 Å². The molecule has 0 saturated heterocycles. The Balaban J connectivity index is 0.00000408. The number of nitrogens with zero attached hydrogens (tertiary/aromatic N) is 4. The highest BCUT2D eigenvalue weighted by Crippen LogP contribution is 2.31. The van der Waals surface area contributed by atoms with Crippen molar-refractivity contribution in [3.63, 3.8) is 0 Å². The van der Waals surface area contributed by atoms with Gasteiger partial charge in [0.1, 0.15) is 0 Å². The number of benzene rings is 2. The van der Waals surface area contributed by atoms with Crippen molar-refractivity contribution < 1.29 is 13.2 Å². The number of likely N-dealkylation sites (N-methyl/N-ethyl adjacent to an activating group) is 1. The summed E-state index contributed by atoms with van der Waals surface area (Å²) in [6.07, 6.45) is 0. The SMILES string of the molecule is CCN(CC)S(=O)(=O)c1ccc(C(=O)N(CCN(C)C)c2nc3cc(C)c(C)cc3s2)cc1.Cl. The van der Waals surface area contributed by atoms with Crippen molar-refractivity contribution in [3.05, 3.63) is 53.1 Å². The molecule has 0 fully saturated rings. The van der Waals surface area contributed by atoms with Crippen LogP contribution in [0.1, 0.15) is 35.3 Å². The molecule has 3 rings (SSSR count). The molecule has 0 aliphatic carbocycles. The van der Waals surface area contributed by atoms with Gasteiger partial charge in [0.2, 0.25) is 10.0 Å². The molecule has 3 aromatic rings. The highest BCUT2D eigenvalue weighted by Gasteiger charge is 2.24. The number of amides is 1. The topological polar surface area (TPSA) is 73.8 Å². The molecule has 0 radical (unpaired) electrons. The van der Waals surface area contributed by atoms with Crippen LogP contribution >= 0.6 is 23.7 Å². The van der Waals surface area contributed by atoms with E-state index in [0.717, 1.165) is 15.8 Å². The summed E-state index contributed by atoms with van der Waals surface area (Å²) in [6, 6.07) is 10.3. The summed E-state index contributed by atoms with van der Waals surface area (Å²) in [5.41, 5.74) is 3.66. The fourth-order valence-electron chi connectivity index (χ4n) is 3.51. The fraction of sp³-hybridized carbons (Fsp3) is 0.417. The van der Waals surface area contributed by atoms with Crippen LogP contribution in [0, 0.1) is 13.8 Å². The lowest BCUT2D eigenvalue weighted by Crippen LogP contribution is -2.36. The molecule has 7 nitrogen and oxygen atoms in total. The summed E-state index contributed by atoms with van der Waals surface area (Å²) < 4.78 is 28.0. The molecule has 1 aromatic heterocycles. The van der Waals surface area contributed by atoms with E-state index < -0.39 is 10.0 Å². The van der Waals surface area contributed by atoms with E-state index in [1.807, 2.05) is 38.9 Å². The van der Waals surface area contributed by atoms with E-state index in [1.54, 1.807) is 17.0 Å². The van der Waals surface area contributed by atoms with E-state index in [0.29, 0.717) is 36.9 Å². The van der Waals surface area contributed by atoms with Crippen molar-refractivity contribution in [1.29, 1.82) is 0 Å². The number of thiazole rings is 1. The third-order valence-corrected chi connectivity index (χ3v) is 8.79. The molecule has 0 atom stereocenters. The minimum absolute atomic E-state index is 0. The normalized spacial score (nSPS) is 11.8. The van der Waals surface area contributed by atoms with E-state index in [1.165, 1.54) is 33.3 Å². The van der Waals surface area contributed by atoms with Crippen LogP contribution in [0.15, 0.2) is 41.3 Å². The molecule has 1 amide bonds. The van der Waals surface area contributed by atoms with Gasteiger partial charge in [0.15, 0.2) is 5.13 Å². The van der Waals surface area contributed by atoms with E-state index in [2.05, 4.69) is 19.9 Å². The molecule has 0 N–H and O–H groups in total. The van der Waals surface area contributed by atoms with Gasteiger partial charge in [0.25, 0.3) is 5.91 Å². The first-order chi connectivity index (χ1) is 15.6. The number of carbonyl (C=O) groups is 1. The smallest absolute Gasteiger partial charge is 0.260 e. The molecule has 0 spiro atoms. The number of carbonyl (C=O) groups excluding carboxylic acids is 1. The first-order valence-electron chi connectivity index (χ1n) is 11.0. The summed E-state index contributed by atoms with van der Waals surface area (Å²) in [6.45, 7) is 9.68. The van der Waals surface area contributed by atoms with Gasteiger partial charge in [0, 0.05) is 31.7 Å². The number of rotatable bonds is 9. The largest absolute Gasteiger partial charge is 0.308 e. The molecule has 1 heterocycles. The molecule has 34 heavy (non-hydrogen) atoms. The quantitative estimate of drug-likeness (QED) is 0.410. The van der Waals surface area contributed by atoms with Gasteiger partial charge in [-0.1, -0.05) is 25.2 Å². The number of fused-ring (bicyclic) bond motifs is 1. The standard InChI is InChI=1S/C24H32N4O3S2.ClH/c1-7-27(8-2)33(30,31)20-11-9-19(10-12-20)23(29)28(14-13-26(5)6)24-25-21-15-17(3)18(4)16-22(21)32-24;/h9-12,15-16H,7-8,13-14H2,1-6H3;1H. The van der Waals surface area contributed by atoms with Crippen LogP contribution in [0.3, 0.4) is 0 Å². The minimum atomic E-state index is -3.57. The van der Waals surface area contributed by atoms with Gasteiger partial charge in [-0.25, -0.2) is 13.4 Å². The van der Waals surface area contributed by atoms with Crippen LogP contribution in [0.5, 0.6) is 0 Å². The Labute approximate surface area is 212 Å².